The topological polar surface area (TPSA) is 96.7 Å². The molecule has 3 aromatic rings. The molecule has 39 heavy (non-hydrogen) atoms. The molecule has 3 heterocycles. The van der Waals surface area contributed by atoms with Crippen LogP contribution in [0, 0.1) is 11.7 Å². The van der Waals surface area contributed by atoms with Crippen molar-refractivity contribution in [3.63, 3.8) is 0 Å². The lowest BCUT2D eigenvalue weighted by Gasteiger charge is -2.36. The van der Waals surface area contributed by atoms with Crippen LogP contribution < -0.4 is 4.90 Å². The highest BCUT2D eigenvalue weighted by Crippen LogP contribution is 2.29. The Labute approximate surface area is 231 Å². The van der Waals surface area contributed by atoms with Crippen LogP contribution in [0.4, 0.5) is 15.0 Å². The van der Waals surface area contributed by atoms with Gasteiger partial charge in [-0.05, 0) is 71.8 Å². The first-order valence-electron chi connectivity index (χ1n) is 13.1. The molecular weight excluding hydrogens is 521 g/mol. The third kappa shape index (κ3) is 7.10. The summed E-state index contributed by atoms with van der Waals surface area (Å²) in [7, 11) is 2.77. The second kappa shape index (κ2) is 12.0. The van der Waals surface area contributed by atoms with E-state index in [1.807, 2.05) is 34.9 Å². The highest BCUT2D eigenvalue weighted by Gasteiger charge is 2.29. The lowest BCUT2D eigenvalue weighted by atomic mass is 9.96. The summed E-state index contributed by atoms with van der Waals surface area (Å²) >= 11 is 0. The van der Waals surface area contributed by atoms with E-state index in [-0.39, 0.29) is 11.8 Å². The fourth-order valence-corrected chi connectivity index (χ4v) is 5.17. The molecule has 0 N–H and O–H groups in total. The van der Waals surface area contributed by atoms with Crippen LogP contribution in [0.25, 0.3) is 16.7 Å². The zero-order chi connectivity index (χ0) is 28.3. The number of hydrogen-bond donors (Lipinski definition) is 0. The summed E-state index contributed by atoms with van der Waals surface area (Å²) in [6, 6.07) is 4.48. The maximum Gasteiger partial charge on any atom is 0.410 e. The van der Waals surface area contributed by atoms with E-state index in [2.05, 4.69) is 24.9 Å². The molecule has 0 saturated carbocycles. The Kier molecular flexibility index (Phi) is 8.85. The summed E-state index contributed by atoms with van der Waals surface area (Å²) in [6.07, 6.45) is 6.13. The molecule has 1 saturated heterocycles. The SMILES string of the molecule is CN(C)CCN(CC1CCN(C(=O)OC(C)(C)C)CC1)c1ncnc2c1cnn2-c1ccc(S(C)=O)cc1F. The number of halogens is 1. The quantitative estimate of drug-likeness (QED) is 0.412. The molecule has 1 unspecified atom stereocenters. The van der Waals surface area contributed by atoms with Gasteiger partial charge in [0.05, 0.1) is 11.6 Å². The number of aromatic nitrogens is 4. The van der Waals surface area contributed by atoms with Crippen molar-refractivity contribution in [1.82, 2.24) is 29.5 Å². The van der Waals surface area contributed by atoms with E-state index in [4.69, 9.17) is 4.74 Å². The molecule has 4 rings (SSSR count). The van der Waals surface area contributed by atoms with Gasteiger partial charge in [0, 0.05) is 54.7 Å². The number of piperidine rings is 1. The van der Waals surface area contributed by atoms with Crippen molar-refractivity contribution < 1.29 is 18.1 Å². The summed E-state index contributed by atoms with van der Waals surface area (Å²) in [5, 5.41) is 5.17. The minimum atomic E-state index is -1.29. The van der Waals surface area contributed by atoms with Crippen LogP contribution in [0.15, 0.2) is 35.6 Å². The second-order valence-corrected chi connectivity index (χ2v) is 12.6. The lowest BCUT2D eigenvalue weighted by molar-refractivity contribution is 0.0186. The molecule has 212 valence electrons. The van der Waals surface area contributed by atoms with E-state index in [1.54, 1.807) is 23.2 Å². The van der Waals surface area contributed by atoms with Gasteiger partial charge in [0.2, 0.25) is 0 Å². The Morgan fingerprint density at radius 3 is 2.51 bits per heavy atom. The van der Waals surface area contributed by atoms with Gasteiger partial charge in [0.15, 0.2) is 5.65 Å². The lowest BCUT2D eigenvalue weighted by Crippen LogP contribution is -2.44. The second-order valence-electron chi connectivity index (χ2n) is 11.2. The first-order chi connectivity index (χ1) is 18.4. The molecule has 0 radical (unpaired) electrons. The number of carbonyl (C=O) groups excluding carboxylic acids is 1. The predicted molar refractivity (Wildman–Crippen MR) is 150 cm³/mol. The minimum absolute atomic E-state index is 0.234. The van der Waals surface area contributed by atoms with Gasteiger partial charge in [-0.15, -0.1) is 0 Å². The molecule has 1 aromatic carbocycles. The van der Waals surface area contributed by atoms with Gasteiger partial charge in [-0.2, -0.15) is 5.10 Å². The van der Waals surface area contributed by atoms with Crippen LogP contribution in [-0.2, 0) is 15.5 Å². The van der Waals surface area contributed by atoms with Crippen LogP contribution in [-0.4, -0.2) is 98.5 Å². The number of rotatable bonds is 8. The largest absolute Gasteiger partial charge is 0.444 e. The molecule has 0 aliphatic carbocycles. The van der Waals surface area contributed by atoms with E-state index >= 15 is 0 Å². The number of ether oxygens (including phenoxy) is 1. The number of likely N-dealkylation sites (tertiary alicyclic amines) is 1. The van der Waals surface area contributed by atoms with Crippen LogP contribution >= 0.6 is 0 Å². The molecule has 12 heteroatoms. The first-order valence-corrected chi connectivity index (χ1v) is 14.7. The molecule has 1 atom stereocenters. The summed E-state index contributed by atoms with van der Waals surface area (Å²) in [5.41, 5.74) is 0.219. The average Bonchev–Trinajstić information content (AvgIpc) is 3.30. The standard InChI is InChI=1S/C27H38FN7O3S/c1-27(2,3)38-26(36)33-11-9-19(10-12-33)17-34(14-13-32(4)5)24-21-16-31-35(25(21)30-18-29-24)23-8-7-20(39(6)37)15-22(23)28/h7-8,15-16,18-19H,9-14,17H2,1-6H3. The van der Waals surface area contributed by atoms with Gasteiger partial charge in [0.25, 0.3) is 0 Å². The average molecular weight is 560 g/mol. The maximum absolute atomic E-state index is 15.0. The smallest absolute Gasteiger partial charge is 0.410 e. The Balaban J connectivity index is 1.56. The van der Waals surface area contributed by atoms with Crippen molar-refractivity contribution in [2.75, 3.05) is 58.0 Å². The van der Waals surface area contributed by atoms with E-state index in [9.17, 15) is 13.4 Å². The fraction of sp³-hybridized carbons (Fsp3) is 0.556. The van der Waals surface area contributed by atoms with Crippen molar-refractivity contribution in [3.8, 4) is 5.69 Å². The molecule has 0 bridgehead atoms. The zero-order valence-corrected chi connectivity index (χ0v) is 24.4. The van der Waals surface area contributed by atoms with Crippen LogP contribution in [0.5, 0.6) is 0 Å². The van der Waals surface area contributed by atoms with Crippen LogP contribution in [0.1, 0.15) is 33.6 Å². The molecule has 2 aromatic heterocycles. The van der Waals surface area contributed by atoms with Gasteiger partial charge >= 0.3 is 6.09 Å². The van der Waals surface area contributed by atoms with Crippen molar-refractivity contribution >= 4 is 33.7 Å². The summed E-state index contributed by atoms with van der Waals surface area (Å²) in [5.74, 6) is 0.592. The minimum Gasteiger partial charge on any atom is -0.444 e. The van der Waals surface area contributed by atoms with Crippen molar-refractivity contribution in [2.24, 2.45) is 5.92 Å². The van der Waals surface area contributed by atoms with Gasteiger partial charge in [-0.3, -0.25) is 4.21 Å². The molecule has 1 fully saturated rings. The van der Waals surface area contributed by atoms with Gasteiger partial charge in [0.1, 0.15) is 29.3 Å². The van der Waals surface area contributed by atoms with Crippen molar-refractivity contribution in [1.29, 1.82) is 0 Å². The molecular formula is C27H38FN7O3S. The molecule has 0 spiro atoms. The van der Waals surface area contributed by atoms with E-state index in [0.29, 0.717) is 29.6 Å². The normalized spacial score (nSPS) is 15.6. The fourth-order valence-electron chi connectivity index (χ4n) is 4.64. The van der Waals surface area contributed by atoms with Crippen LogP contribution in [0.2, 0.25) is 0 Å². The van der Waals surface area contributed by atoms with Gasteiger partial charge in [-0.25, -0.2) is 23.8 Å². The number of hydrogen-bond acceptors (Lipinski definition) is 8. The van der Waals surface area contributed by atoms with Crippen molar-refractivity contribution in [3.05, 3.63) is 36.5 Å². The van der Waals surface area contributed by atoms with E-state index in [0.717, 1.165) is 43.7 Å². The monoisotopic (exact) mass is 559 g/mol. The van der Waals surface area contributed by atoms with Crippen molar-refractivity contribution in [2.45, 2.75) is 44.1 Å². The van der Waals surface area contributed by atoms with Gasteiger partial charge < -0.3 is 19.4 Å². The third-order valence-electron chi connectivity index (χ3n) is 6.69. The molecule has 1 aliphatic heterocycles. The number of benzene rings is 1. The zero-order valence-electron chi connectivity index (χ0n) is 23.6. The number of fused-ring (bicyclic) bond motifs is 1. The number of likely N-dealkylation sites (N-methyl/N-ethyl adjacent to an activating group) is 1. The van der Waals surface area contributed by atoms with E-state index < -0.39 is 22.2 Å². The Morgan fingerprint density at radius 2 is 1.90 bits per heavy atom. The summed E-state index contributed by atoms with van der Waals surface area (Å²) in [4.78, 5) is 28.1. The van der Waals surface area contributed by atoms with Gasteiger partial charge in [-0.1, -0.05) is 0 Å². The molecule has 1 amide bonds. The Hall–Kier alpha value is -3.12. The summed E-state index contributed by atoms with van der Waals surface area (Å²) in [6.45, 7) is 9.25. The Morgan fingerprint density at radius 1 is 1.18 bits per heavy atom. The predicted octanol–water partition coefficient (Wildman–Crippen LogP) is 3.71. The Bertz CT molecular complexity index is 1330. The summed E-state index contributed by atoms with van der Waals surface area (Å²) < 4.78 is 33.7. The van der Waals surface area contributed by atoms with E-state index in [1.165, 1.54) is 23.3 Å². The highest BCUT2D eigenvalue weighted by molar-refractivity contribution is 7.84. The number of anilines is 1. The first kappa shape index (κ1) is 28.9. The third-order valence-corrected chi connectivity index (χ3v) is 7.60. The highest BCUT2D eigenvalue weighted by atomic mass is 32.2. The van der Waals surface area contributed by atoms with Crippen LogP contribution in [0.3, 0.4) is 0 Å². The number of amides is 1. The molecule has 1 aliphatic rings. The molecule has 10 nitrogen and oxygen atoms in total. The maximum atomic E-state index is 15.0. The number of nitrogens with zero attached hydrogens (tertiary/aromatic N) is 7. The number of carbonyl (C=O) groups is 1.